The lowest BCUT2D eigenvalue weighted by atomic mass is 9.73. The molecule has 0 saturated carbocycles. The Bertz CT molecular complexity index is 2090. The molecule has 4 fully saturated rings. The van der Waals surface area contributed by atoms with Crippen molar-refractivity contribution in [3.05, 3.63) is 41.6 Å². The van der Waals surface area contributed by atoms with Gasteiger partial charge in [-0.15, -0.1) is 0 Å². The van der Waals surface area contributed by atoms with Crippen LogP contribution in [0.25, 0.3) is 11.3 Å². The molecule has 0 spiro atoms. The van der Waals surface area contributed by atoms with Gasteiger partial charge in [-0.3, -0.25) is 9.59 Å². The van der Waals surface area contributed by atoms with E-state index in [2.05, 4.69) is 5.16 Å². The predicted octanol–water partition coefficient (Wildman–Crippen LogP) is 5.90. The van der Waals surface area contributed by atoms with Crippen LogP contribution in [0.3, 0.4) is 0 Å². The summed E-state index contributed by atoms with van der Waals surface area (Å²) >= 11 is 0. The minimum atomic E-state index is -1.59. The van der Waals surface area contributed by atoms with E-state index in [-0.39, 0.29) is 37.2 Å². The molecular formula is C50H76N4O14. The highest BCUT2D eigenvalue weighted by Crippen LogP contribution is 2.45. The van der Waals surface area contributed by atoms with Crippen LogP contribution in [0.5, 0.6) is 0 Å². The highest BCUT2D eigenvalue weighted by atomic mass is 16.7. The van der Waals surface area contributed by atoms with Crippen molar-refractivity contribution >= 4 is 24.1 Å². The maximum Gasteiger partial charge on any atom is 0.431 e. The Morgan fingerprint density at radius 1 is 0.926 bits per heavy atom. The summed E-state index contributed by atoms with van der Waals surface area (Å²) in [5.41, 5.74) is -2.17. The maximum absolute atomic E-state index is 15.1. The molecule has 1 aromatic carbocycles. The number of ether oxygens (including phenoxy) is 8. The SMILES string of the molecule is CC[C@H]1OC(=O)[C@H](C)C(OC2CC(C)(OC)C(O)C(C)O2)[C@H](C)[C@@H](OC2OC(C)CC(N(C)C)C2O)[C@](C)(OC)C[C@@H](C)C(=O)[C@H](C)[C@H]2N(N=Cc3c(C)noc3-c3ccccc3)C(=O)O[C@]12C. The number of carbonyl (C=O) groups excluding carboxylic acids is 3. The van der Waals surface area contributed by atoms with E-state index in [1.165, 1.54) is 20.4 Å². The molecule has 2 aromatic rings. The molecule has 18 atom stereocenters. The number of aryl methyl sites for hydroxylation is 1. The molecule has 380 valence electrons. The molecule has 4 saturated heterocycles. The summed E-state index contributed by atoms with van der Waals surface area (Å²) in [6, 6.07) is 7.97. The highest BCUT2D eigenvalue weighted by Gasteiger charge is 2.61. The molecule has 6 rings (SSSR count). The van der Waals surface area contributed by atoms with E-state index in [4.69, 9.17) is 47.5 Å². The van der Waals surface area contributed by atoms with Crippen LogP contribution >= 0.6 is 0 Å². The van der Waals surface area contributed by atoms with Crippen molar-refractivity contribution in [1.82, 2.24) is 15.1 Å². The van der Waals surface area contributed by atoms with Crippen molar-refractivity contribution in [2.75, 3.05) is 28.3 Å². The average Bonchev–Trinajstić information content (AvgIpc) is 3.80. The van der Waals surface area contributed by atoms with Crippen molar-refractivity contribution in [2.24, 2.45) is 28.8 Å². The van der Waals surface area contributed by atoms with Gasteiger partial charge in [0.15, 0.2) is 23.9 Å². The Balaban J connectivity index is 1.47. The number of hydrogen-bond donors (Lipinski definition) is 2. The summed E-state index contributed by atoms with van der Waals surface area (Å²) < 4.78 is 57.2. The molecule has 1 amide bonds. The molecule has 0 bridgehead atoms. The number of aliphatic hydroxyl groups excluding tert-OH is 2. The van der Waals surface area contributed by atoms with Gasteiger partial charge in [0.25, 0.3) is 0 Å². The van der Waals surface area contributed by atoms with Crippen LogP contribution in [-0.4, -0.2) is 162 Å². The number of rotatable bonds is 11. The van der Waals surface area contributed by atoms with E-state index in [9.17, 15) is 19.8 Å². The number of methoxy groups -OCH3 is 2. The number of benzene rings is 1. The minimum absolute atomic E-state index is 0.0899. The van der Waals surface area contributed by atoms with Gasteiger partial charge in [-0.1, -0.05) is 63.2 Å². The first-order valence-corrected chi connectivity index (χ1v) is 24.0. The third-order valence-electron chi connectivity index (χ3n) is 15.3. The summed E-state index contributed by atoms with van der Waals surface area (Å²) in [6.45, 7) is 19.6. The van der Waals surface area contributed by atoms with Gasteiger partial charge in [0.2, 0.25) is 0 Å². The highest BCUT2D eigenvalue weighted by molar-refractivity contribution is 5.90. The molecule has 68 heavy (non-hydrogen) atoms. The zero-order valence-electron chi connectivity index (χ0n) is 42.5. The van der Waals surface area contributed by atoms with Gasteiger partial charge < -0.3 is 57.5 Å². The number of amides is 1. The smallest absolute Gasteiger partial charge is 0.431 e. The van der Waals surface area contributed by atoms with Crippen LogP contribution in [0.4, 0.5) is 4.79 Å². The monoisotopic (exact) mass is 957 g/mol. The number of aromatic nitrogens is 1. The second kappa shape index (κ2) is 21.2. The number of carbonyl (C=O) groups is 3. The summed E-state index contributed by atoms with van der Waals surface area (Å²) in [5.74, 6) is -3.95. The molecule has 9 unspecified atom stereocenters. The number of hydrazone groups is 1. The van der Waals surface area contributed by atoms with E-state index < -0.39 is 108 Å². The van der Waals surface area contributed by atoms with Gasteiger partial charge in [-0.05, 0) is 81.8 Å². The van der Waals surface area contributed by atoms with Crippen LogP contribution < -0.4 is 0 Å². The zero-order valence-corrected chi connectivity index (χ0v) is 42.5. The third-order valence-corrected chi connectivity index (χ3v) is 15.3. The second-order valence-corrected chi connectivity index (χ2v) is 20.4. The largest absolute Gasteiger partial charge is 0.458 e. The quantitative estimate of drug-likeness (QED) is 0.198. The molecule has 18 heteroatoms. The minimum Gasteiger partial charge on any atom is -0.458 e. The van der Waals surface area contributed by atoms with Crippen molar-refractivity contribution in [2.45, 2.75) is 186 Å². The number of hydrogen-bond acceptors (Lipinski definition) is 17. The Hall–Kier alpha value is -3.85. The third kappa shape index (κ3) is 10.4. The predicted molar refractivity (Wildman–Crippen MR) is 249 cm³/mol. The van der Waals surface area contributed by atoms with Crippen LogP contribution in [-0.2, 0) is 47.5 Å². The van der Waals surface area contributed by atoms with Crippen LogP contribution in [0.15, 0.2) is 40.0 Å². The molecule has 18 nitrogen and oxygen atoms in total. The van der Waals surface area contributed by atoms with Crippen LogP contribution in [0.1, 0.15) is 106 Å². The number of likely N-dealkylation sites (N-methyl/N-ethyl adjacent to an activating group) is 1. The first-order chi connectivity index (χ1) is 31.9. The molecule has 0 aliphatic carbocycles. The van der Waals surface area contributed by atoms with E-state index >= 15 is 4.79 Å². The first kappa shape index (κ1) is 53.5. The molecule has 2 N–H and O–H groups in total. The normalized spacial score (nSPS) is 41.1. The Morgan fingerprint density at radius 3 is 2.21 bits per heavy atom. The topological polar surface area (TPSA) is 210 Å². The van der Waals surface area contributed by atoms with Gasteiger partial charge >= 0.3 is 12.1 Å². The summed E-state index contributed by atoms with van der Waals surface area (Å²) in [5, 5.41) is 33.0. The van der Waals surface area contributed by atoms with Gasteiger partial charge in [0.05, 0.1) is 59.0 Å². The number of Topliss-reactive ketones (excluding diaryl/α,β-unsaturated/α-hetero) is 1. The molecule has 4 aliphatic rings. The van der Waals surface area contributed by atoms with Gasteiger partial charge in [-0.25, -0.2) is 4.79 Å². The lowest BCUT2D eigenvalue weighted by Gasteiger charge is -2.50. The number of cyclic esters (lactones) is 1. The number of ketones is 1. The number of fused-ring (bicyclic) bond motifs is 1. The van der Waals surface area contributed by atoms with Crippen molar-refractivity contribution in [3.63, 3.8) is 0 Å². The summed E-state index contributed by atoms with van der Waals surface area (Å²) in [7, 11) is 6.81. The van der Waals surface area contributed by atoms with Crippen LogP contribution in [0, 0.1) is 30.6 Å². The molecular weight excluding hydrogens is 881 g/mol. The fourth-order valence-corrected chi connectivity index (χ4v) is 11.1. The van der Waals surface area contributed by atoms with E-state index in [1.54, 1.807) is 48.5 Å². The Kier molecular flexibility index (Phi) is 16.7. The number of esters is 1. The molecule has 4 aliphatic heterocycles. The molecule has 1 aromatic heterocycles. The lowest BCUT2D eigenvalue weighted by Crippen LogP contribution is -2.61. The average molecular weight is 957 g/mol. The van der Waals surface area contributed by atoms with E-state index in [1.807, 2.05) is 77.0 Å². The fraction of sp³-hybridized carbons (Fsp3) is 0.740. The first-order valence-electron chi connectivity index (χ1n) is 24.0. The maximum atomic E-state index is 15.1. The zero-order chi connectivity index (χ0) is 50.2. The summed E-state index contributed by atoms with van der Waals surface area (Å²) in [4.78, 5) is 46.3. The van der Waals surface area contributed by atoms with Crippen molar-refractivity contribution < 1.29 is 67.0 Å². The van der Waals surface area contributed by atoms with Gasteiger partial charge in [0, 0.05) is 50.0 Å². The number of aliphatic hydroxyl groups is 2. The second-order valence-electron chi connectivity index (χ2n) is 20.4. The lowest BCUT2D eigenvalue weighted by molar-refractivity contribution is -0.319. The Labute approximate surface area is 401 Å². The summed E-state index contributed by atoms with van der Waals surface area (Å²) in [6.07, 6.45) is -6.76. The van der Waals surface area contributed by atoms with Crippen molar-refractivity contribution in [3.8, 4) is 11.3 Å². The Morgan fingerprint density at radius 2 is 1.59 bits per heavy atom. The van der Waals surface area contributed by atoms with E-state index in [0.717, 1.165) is 10.6 Å². The molecule has 0 radical (unpaired) electrons. The standard InChI is InChI=1S/C50H76N4O14/c1-16-36-50(11)42(54(47(59)67-50)51-25-34-31(7)52-68-41(34)33-20-18-17-19-21-33)28(4)38(55)26(2)23-49(10,61-15)44(66-46-39(56)35(53(12)13)22-27(3)62-46)29(5)40(30(6)45(58)64-36)65-37-24-48(9,60-14)43(57)32(8)63-37/h17-21,25-30,32,35-37,39-40,42-44,46,56-57H,16,22-24H2,1-15H3/t26-,27?,28+,29+,30-,32?,35?,36-,37?,39?,40?,42-,43?,44-,46?,48?,49-,50-/m1/s1. The van der Waals surface area contributed by atoms with Gasteiger partial charge in [-0.2, -0.15) is 10.1 Å². The van der Waals surface area contributed by atoms with Crippen molar-refractivity contribution in [1.29, 1.82) is 0 Å². The van der Waals surface area contributed by atoms with Crippen LogP contribution in [0.2, 0.25) is 0 Å². The van der Waals surface area contributed by atoms with Gasteiger partial charge in [0.1, 0.15) is 30.1 Å². The number of nitrogens with zero attached hydrogens (tertiary/aromatic N) is 4. The van der Waals surface area contributed by atoms with E-state index in [0.29, 0.717) is 23.4 Å². The fourth-order valence-electron chi connectivity index (χ4n) is 11.1. The molecule has 5 heterocycles.